The molecule has 2 rings (SSSR count). The molecule has 3 nitrogen and oxygen atoms in total. The van der Waals surface area contributed by atoms with E-state index in [9.17, 15) is 10.1 Å². The predicted octanol–water partition coefficient (Wildman–Crippen LogP) is 4.60. The molecule has 0 N–H and O–H groups in total. The second-order valence-corrected chi connectivity index (χ2v) is 5.58. The van der Waals surface area contributed by atoms with Gasteiger partial charge in [0.1, 0.15) is 11.7 Å². The van der Waals surface area contributed by atoms with E-state index in [1.165, 1.54) is 7.11 Å². The Kier molecular flexibility index (Phi) is 5.00. The Morgan fingerprint density at radius 2 is 2.05 bits per heavy atom. The first kappa shape index (κ1) is 15.6. The van der Waals surface area contributed by atoms with Crippen LogP contribution in [-0.2, 0) is 0 Å². The Balaban J connectivity index is 2.51. The number of Topliss-reactive ketones (excluding diaryl/α,β-unsaturated/α-hetero) is 1. The highest BCUT2D eigenvalue weighted by Crippen LogP contribution is 2.32. The molecular formula is C16H11BrClNO2. The van der Waals surface area contributed by atoms with Crippen molar-refractivity contribution >= 4 is 33.3 Å². The number of carbonyl (C=O) groups is 1. The number of nitriles is 1. The zero-order chi connectivity index (χ0) is 15.4. The molecule has 5 heteroatoms. The summed E-state index contributed by atoms with van der Waals surface area (Å²) in [6.45, 7) is 0. The molecule has 0 aliphatic heterocycles. The third-order valence-corrected chi connectivity index (χ3v) is 3.96. The summed E-state index contributed by atoms with van der Waals surface area (Å²) in [6.07, 6.45) is 0. The number of hydrogen-bond acceptors (Lipinski definition) is 3. The molecule has 0 aliphatic rings. The van der Waals surface area contributed by atoms with E-state index in [0.29, 0.717) is 26.4 Å². The smallest absolute Gasteiger partial charge is 0.185 e. The first-order chi connectivity index (χ1) is 10.1. The van der Waals surface area contributed by atoms with Crippen LogP contribution in [0.4, 0.5) is 0 Å². The van der Waals surface area contributed by atoms with E-state index in [2.05, 4.69) is 15.9 Å². The highest BCUT2D eigenvalue weighted by atomic mass is 79.9. The van der Waals surface area contributed by atoms with Crippen molar-refractivity contribution in [2.24, 2.45) is 0 Å². The van der Waals surface area contributed by atoms with Crippen LogP contribution < -0.4 is 4.74 Å². The van der Waals surface area contributed by atoms with Crippen LogP contribution >= 0.6 is 27.5 Å². The zero-order valence-corrected chi connectivity index (χ0v) is 13.5. The average Bonchev–Trinajstić information content (AvgIpc) is 2.48. The molecule has 0 bridgehead atoms. The summed E-state index contributed by atoms with van der Waals surface area (Å²) >= 11 is 9.30. The lowest BCUT2D eigenvalue weighted by atomic mass is 9.91. The first-order valence-corrected chi connectivity index (χ1v) is 7.27. The molecule has 0 radical (unpaired) electrons. The zero-order valence-electron chi connectivity index (χ0n) is 11.1. The van der Waals surface area contributed by atoms with Crippen LogP contribution in [-0.4, -0.2) is 12.9 Å². The fraction of sp³-hybridized carbons (Fsp3) is 0.125. The van der Waals surface area contributed by atoms with Gasteiger partial charge in [0.15, 0.2) is 5.78 Å². The molecule has 0 heterocycles. The van der Waals surface area contributed by atoms with Crippen LogP contribution in [0.25, 0.3) is 0 Å². The quantitative estimate of drug-likeness (QED) is 0.745. The van der Waals surface area contributed by atoms with Crippen molar-refractivity contribution in [2.45, 2.75) is 5.92 Å². The largest absolute Gasteiger partial charge is 0.496 e. The molecule has 0 spiro atoms. The van der Waals surface area contributed by atoms with Gasteiger partial charge >= 0.3 is 0 Å². The van der Waals surface area contributed by atoms with Crippen LogP contribution in [0.5, 0.6) is 5.75 Å². The van der Waals surface area contributed by atoms with Crippen molar-refractivity contribution in [3.8, 4) is 11.8 Å². The summed E-state index contributed by atoms with van der Waals surface area (Å²) in [4.78, 5) is 12.6. The number of rotatable bonds is 4. The lowest BCUT2D eigenvalue weighted by Crippen LogP contribution is -2.13. The van der Waals surface area contributed by atoms with Gasteiger partial charge in [0.05, 0.1) is 13.2 Å². The molecule has 106 valence electrons. The van der Waals surface area contributed by atoms with E-state index in [1.807, 2.05) is 12.1 Å². The molecule has 0 aromatic heterocycles. The van der Waals surface area contributed by atoms with Gasteiger partial charge in [0.25, 0.3) is 0 Å². The Bertz CT molecular complexity index is 724. The second-order valence-electron chi connectivity index (χ2n) is 4.29. The maximum Gasteiger partial charge on any atom is 0.185 e. The summed E-state index contributed by atoms with van der Waals surface area (Å²) in [5.74, 6) is -0.811. The fourth-order valence-electron chi connectivity index (χ4n) is 2.02. The Morgan fingerprint density at radius 1 is 1.33 bits per heavy atom. The standard InChI is InChI=1S/C16H11BrClNO2/c1-21-15-7-6-10(18)8-12(15)13(9-19)16(20)11-4-2-3-5-14(11)17/h2-8,13H,1H3. The molecule has 21 heavy (non-hydrogen) atoms. The lowest BCUT2D eigenvalue weighted by Gasteiger charge is -2.14. The van der Waals surface area contributed by atoms with E-state index in [1.54, 1.807) is 36.4 Å². The third-order valence-electron chi connectivity index (χ3n) is 3.03. The maximum absolute atomic E-state index is 12.6. The van der Waals surface area contributed by atoms with Gasteiger partial charge in [-0.15, -0.1) is 0 Å². The number of carbonyl (C=O) groups excluding carboxylic acids is 1. The Morgan fingerprint density at radius 3 is 2.67 bits per heavy atom. The predicted molar refractivity (Wildman–Crippen MR) is 84.8 cm³/mol. The number of methoxy groups -OCH3 is 1. The van der Waals surface area contributed by atoms with Gasteiger partial charge in [0.2, 0.25) is 0 Å². The molecular weight excluding hydrogens is 354 g/mol. The van der Waals surface area contributed by atoms with E-state index < -0.39 is 5.92 Å². The minimum Gasteiger partial charge on any atom is -0.496 e. The number of ether oxygens (including phenoxy) is 1. The summed E-state index contributed by atoms with van der Waals surface area (Å²) in [5.41, 5.74) is 0.916. The van der Waals surface area contributed by atoms with Crippen LogP contribution in [0.15, 0.2) is 46.9 Å². The highest BCUT2D eigenvalue weighted by Gasteiger charge is 2.26. The van der Waals surface area contributed by atoms with Gasteiger partial charge in [-0.05, 0) is 24.3 Å². The van der Waals surface area contributed by atoms with Gasteiger partial charge in [-0.25, -0.2) is 0 Å². The molecule has 0 saturated carbocycles. The first-order valence-electron chi connectivity index (χ1n) is 6.10. The number of halogens is 2. The molecule has 0 aliphatic carbocycles. The van der Waals surface area contributed by atoms with Crippen LogP contribution in [0.1, 0.15) is 21.8 Å². The van der Waals surface area contributed by atoms with Crippen LogP contribution in [0.3, 0.4) is 0 Å². The molecule has 0 fully saturated rings. The maximum atomic E-state index is 12.6. The molecule has 1 atom stereocenters. The molecule has 0 saturated heterocycles. The van der Waals surface area contributed by atoms with Crippen molar-refractivity contribution < 1.29 is 9.53 Å². The number of hydrogen-bond donors (Lipinski definition) is 0. The minimum atomic E-state index is -0.975. The SMILES string of the molecule is COc1ccc(Cl)cc1C(C#N)C(=O)c1ccccc1Br. The molecule has 2 aromatic carbocycles. The van der Waals surface area contributed by atoms with Crippen molar-refractivity contribution in [3.05, 3.63) is 63.1 Å². The monoisotopic (exact) mass is 363 g/mol. The van der Waals surface area contributed by atoms with Crippen LogP contribution in [0.2, 0.25) is 5.02 Å². The Labute approximate surface area is 136 Å². The van der Waals surface area contributed by atoms with Gasteiger partial charge in [-0.2, -0.15) is 5.26 Å². The average molecular weight is 365 g/mol. The van der Waals surface area contributed by atoms with Crippen molar-refractivity contribution in [1.82, 2.24) is 0 Å². The van der Waals surface area contributed by atoms with Crippen LogP contribution in [0, 0.1) is 11.3 Å². The van der Waals surface area contributed by atoms with Crippen molar-refractivity contribution in [1.29, 1.82) is 5.26 Å². The van der Waals surface area contributed by atoms with Crippen molar-refractivity contribution in [2.75, 3.05) is 7.11 Å². The Hall–Kier alpha value is -1.83. The molecule has 1 unspecified atom stereocenters. The van der Waals surface area contributed by atoms with E-state index >= 15 is 0 Å². The summed E-state index contributed by atoms with van der Waals surface area (Å²) in [5, 5.41) is 9.88. The van der Waals surface area contributed by atoms with Gasteiger partial charge < -0.3 is 4.74 Å². The summed E-state index contributed by atoms with van der Waals surface area (Å²) < 4.78 is 5.88. The molecule has 0 amide bonds. The normalized spacial score (nSPS) is 11.5. The highest BCUT2D eigenvalue weighted by molar-refractivity contribution is 9.10. The fourth-order valence-corrected chi connectivity index (χ4v) is 2.68. The number of nitrogens with zero attached hydrogens (tertiary/aromatic N) is 1. The number of benzene rings is 2. The third kappa shape index (κ3) is 3.26. The van der Waals surface area contributed by atoms with E-state index in [4.69, 9.17) is 16.3 Å². The van der Waals surface area contributed by atoms with E-state index in [0.717, 1.165) is 0 Å². The topological polar surface area (TPSA) is 50.1 Å². The second kappa shape index (κ2) is 6.75. The minimum absolute atomic E-state index is 0.300. The van der Waals surface area contributed by atoms with Gasteiger partial charge in [-0.3, -0.25) is 4.79 Å². The van der Waals surface area contributed by atoms with Gasteiger partial charge in [-0.1, -0.05) is 45.7 Å². The van der Waals surface area contributed by atoms with E-state index in [-0.39, 0.29) is 5.78 Å². The van der Waals surface area contributed by atoms with Crippen molar-refractivity contribution in [3.63, 3.8) is 0 Å². The summed E-state index contributed by atoms with van der Waals surface area (Å²) in [7, 11) is 1.49. The molecule has 2 aromatic rings. The summed E-state index contributed by atoms with van der Waals surface area (Å²) in [6, 6.07) is 13.9. The number of ketones is 1. The van der Waals surface area contributed by atoms with Gasteiger partial charge in [0, 0.05) is 20.6 Å². The lowest BCUT2D eigenvalue weighted by molar-refractivity contribution is 0.0977.